The number of anilines is 1. The van der Waals surface area contributed by atoms with Gasteiger partial charge < -0.3 is 20.0 Å². The summed E-state index contributed by atoms with van der Waals surface area (Å²) >= 11 is 0. The maximum atomic E-state index is 13.3. The van der Waals surface area contributed by atoms with E-state index in [1.165, 1.54) is 4.90 Å². The first kappa shape index (κ1) is 25.4. The van der Waals surface area contributed by atoms with Gasteiger partial charge in [0.1, 0.15) is 5.70 Å². The molecule has 1 fully saturated rings. The SMILES string of the molecule is C=C(NC(=O)C(=C)N1Cc2c(cccc2-c2ccc3c(c2)CCN3C(C)=O)C1=O)C(=O)N1CCN(C)CC1. The molecule has 0 bridgehead atoms. The molecule has 38 heavy (non-hydrogen) atoms. The van der Waals surface area contributed by atoms with Crippen LogP contribution in [0, 0.1) is 0 Å². The predicted molar refractivity (Wildman–Crippen MR) is 144 cm³/mol. The Bertz CT molecular complexity index is 1390. The van der Waals surface area contributed by atoms with Crippen LogP contribution in [0.5, 0.6) is 0 Å². The molecule has 1 N–H and O–H groups in total. The summed E-state index contributed by atoms with van der Waals surface area (Å²) in [5, 5.41) is 2.54. The van der Waals surface area contributed by atoms with Gasteiger partial charge in [0, 0.05) is 50.9 Å². The van der Waals surface area contributed by atoms with Gasteiger partial charge in [-0.15, -0.1) is 0 Å². The summed E-state index contributed by atoms with van der Waals surface area (Å²) in [4.78, 5) is 57.8. The average Bonchev–Trinajstić information content (AvgIpc) is 3.49. The maximum Gasteiger partial charge on any atom is 0.271 e. The Kier molecular flexibility index (Phi) is 6.62. The quantitative estimate of drug-likeness (QED) is 0.619. The van der Waals surface area contributed by atoms with Crippen LogP contribution < -0.4 is 10.2 Å². The number of amides is 4. The highest BCUT2D eigenvalue weighted by atomic mass is 16.2. The van der Waals surface area contributed by atoms with Gasteiger partial charge >= 0.3 is 0 Å². The fourth-order valence-corrected chi connectivity index (χ4v) is 5.30. The summed E-state index contributed by atoms with van der Waals surface area (Å²) in [5.74, 6) is -1.27. The van der Waals surface area contributed by atoms with Crippen molar-refractivity contribution in [2.24, 2.45) is 0 Å². The topological polar surface area (TPSA) is 93.3 Å². The second-order valence-electron chi connectivity index (χ2n) is 9.96. The fraction of sp³-hybridized carbons (Fsp3) is 0.310. The Morgan fingerprint density at radius 3 is 2.34 bits per heavy atom. The van der Waals surface area contributed by atoms with E-state index in [0.717, 1.165) is 47.5 Å². The third-order valence-corrected chi connectivity index (χ3v) is 7.53. The molecule has 3 aliphatic rings. The summed E-state index contributed by atoms with van der Waals surface area (Å²) in [5.41, 5.74) is 5.08. The lowest BCUT2D eigenvalue weighted by atomic mass is 9.95. The van der Waals surface area contributed by atoms with Crippen molar-refractivity contribution >= 4 is 29.3 Å². The largest absolute Gasteiger partial charge is 0.335 e. The molecule has 9 heteroatoms. The van der Waals surface area contributed by atoms with Crippen molar-refractivity contribution < 1.29 is 19.2 Å². The molecule has 0 aliphatic carbocycles. The fourth-order valence-electron chi connectivity index (χ4n) is 5.30. The van der Waals surface area contributed by atoms with Crippen LogP contribution in [0.3, 0.4) is 0 Å². The van der Waals surface area contributed by atoms with E-state index in [9.17, 15) is 19.2 Å². The molecule has 3 aliphatic heterocycles. The van der Waals surface area contributed by atoms with Gasteiger partial charge in [0.15, 0.2) is 0 Å². The molecule has 0 spiro atoms. The van der Waals surface area contributed by atoms with Gasteiger partial charge in [-0.05, 0) is 53.9 Å². The van der Waals surface area contributed by atoms with Crippen LogP contribution in [0.15, 0.2) is 61.0 Å². The molecule has 196 valence electrons. The third-order valence-electron chi connectivity index (χ3n) is 7.53. The Morgan fingerprint density at radius 1 is 0.921 bits per heavy atom. The van der Waals surface area contributed by atoms with Gasteiger partial charge in [0.25, 0.3) is 17.7 Å². The minimum Gasteiger partial charge on any atom is -0.335 e. The van der Waals surface area contributed by atoms with Crippen molar-refractivity contribution in [3.05, 3.63) is 77.6 Å². The van der Waals surface area contributed by atoms with E-state index in [-0.39, 0.29) is 35.7 Å². The highest BCUT2D eigenvalue weighted by Crippen LogP contribution is 2.37. The summed E-state index contributed by atoms with van der Waals surface area (Å²) in [7, 11) is 1.99. The Labute approximate surface area is 222 Å². The van der Waals surface area contributed by atoms with Crippen molar-refractivity contribution in [1.29, 1.82) is 0 Å². The van der Waals surface area contributed by atoms with Gasteiger partial charge in [-0.25, -0.2) is 0 Å². The smallest absolute Gasteiger partial charge is 0.271 e. The summed E-state index contributed by atoms with van der Waals surface area (Å²) in [6, 6.07) is 11.5. The van der Waals surface area contributed by atoms with Crippen LogP contribution in [0.1, 0.15) is 28.4 Å². The van der Waals surface area contributed by atoms with Gasteiger partial charge in [-0.1, -0.05) is 31.4 Å². The Morgan fingerprint density at radius 2 is 1.63 bits per heavy atom. The molecule has 0 unspecified atom stereocenters. The first-order valence-electron chi connectivity index (χ1n) is 12.7. The molecule has 0 atom stereocenters. The predicted octanol–water partition coefficient (Wildman–Crippen LogP) is 2.14. The number of benzene rings is 2. The summed E-state index contributed by atoms with van der Waals surface area (Å²) < 4.78 is 0. The molecule has 2 aromatic carbocycles. The van der Waals surface area contributed by atoms with Crippen molar-refractivity contribution in [3.8, 4) is 11.1 Å². The van der Waals surface area contributed by atoms with Gasteiger partial charge in [-0.2, -0.15) is 0 Å². The Hall–Kier alpha value is -4.24. The molecule has 9 nitrogen and oxygen atoms in total. The zero-order valence-corrected chi connectivity index (χ0v) is 21.7. The lowest BCUT2D eigenvalue weighted by Crippen LogP contribution is -2.49. The maximum absolute atomic E-state index is 13.3. The number of nitrogens with zero attached hydrogens (tertiary/aromatic N) is 4. The standard InChI is InChI=1S/C29H31N5O4/c1-18(28(37)32-14-12-31(4)13-15-32)30-27(36)19(2)34-17-25-23(6-5-7-24(25)29(34)38)21-8-9-26-22(16-21)10-11-33(26)20(3)35/h5-9,16H,1-2,10-15,17H2,3-4H3,(H,30,36). The highest BCUT2D eigenvalue weighted by Gasteiger charge is 2.34. The molecule has 0 saturated carbocycles. The first-order valence-corrected chi connectivity index (χ1v) is 12.7. The number of hydrogen-bond acceptors (Lipinski definition) is 5. The minimum absolute atomic E-state index is 0.0167. The van der Waals surface area contributed by atoms with E-state index in [0.29, 0.717) is 25.2 Å². The van der Waals surface area contributed by atoms with Crippen LogP contribution in [0.25, 0.3) is 11.1 Å². The first-order chi connectivity index (χ1) is 18.2. The molecule has 2 aromatic rings. The van der Waals surface area contributed by atoms with E-state index >= 15 is 0 Å². The van der Waals surface area contributed by atoms with E-state index in [2.05, 4.69) is 29.4 Å². The summed E-state index contributed by atoms with van der Waals surface area (Å²) in [6.45, 7) is 12.6. The lowest BCUT2D eigenvalue weighted by Gasteiger charge is -2.32. The van der Waals surface area contributed by atoms with Gasteiger partial charge in [-0.3, -0.25) is 24.1 Å². The molecule has 0 aromatic heterocycles. The van der Waals surface area contributed by atoms with Crippen molar-refractivity contribution in [2.75, 3.05) is 44.7 Å². The van der Waals surface area contributed by atoms with Crippen molar-refractivity contribution in [3.63, 3.8) is 0 Å². The number of piperazine rings is 1. The highest BCUT2D eigenvalue weighted by molar-refractivity contribution is 6.08. The molecule has 0 radical (unpaired) electrons. The number of nitrogens with one attached hydrogen (secondary N) is 1. The van der Waals surface area contributed by atoms with Crippen molar-refractivity contribution in [2.45, 2.75) is 19.9 Å². The van der Waals surface area contributed by atoms with Crippen molar-refractivity contribution in [1.82, 2.24) is 20.0 Å². The molecule has 1 saturated heterocycles. The van der Waals surface area contributed by atoms with Crippen LogP contribution in [-0.2, 0) is 27.3 Å². The number of carbonyl (C=O) groups excluding carboxylic acids is 4. The van der Waals surface area contributed by atoms with E-state index < -0.39 is 5.91 Å². The van der Waals surface area contributed by atoms with E-state index in [1.54, 1.807) is 22.8 Å². The van der Waals surface area contributed by atoms with Gasteiger partial charge in [0.05, 0.1) is 12.2 Å². The molecule has 5 rings (SSSR count). The Balaban J connectivity index is 1.31. The van der Waals surface area contributed by atoms with Crippen LogP contribution in [-0.4, -0.2) is 78.1 Å². The molecule has 3 heterocycles. The zero-order chi connectivity index (χ0) is 27.1. The number of rotatable bonds is 5. The van der Waals surface area contributed by atoms with Gasteiger partial charge in [0.2, 0.25) is 5.91 Å². The molecular formula is C29H31N5O4. The second kappa shape index (κ2) is 9.90. The zero-order valence-electron chi connectivity index (χ0n) is 21.7. The van der Waals surface area contributed by atoms with Crippen LogP contribution in [0.4, 0.5) is 5.69 Å². The van der Waals surface area contributed by atoms with E-state index in [1.807, 2.05) is 31.3 Å². The minimum atomic E-state index is -0.637. The average molecular weight is 514 g/mol. The summed E-state index contributed by atoms with van der Waals surface area (Å²) in [6.07, 6.45) is 0.774. The second-order valence-corrected chi connectivity index (χ2v) is 9.96. The number of hydrogen-bond donors (Lipinski definition) is 1. The number of likely N-dealkylation sites (N-methyl/N-ethyl adjacent to an activating group) is 1. The lowest BCUT2D eigenvalue weighted by molar-refractivity contribution is -0.130. The monoisotopic (exact) mass is 513 g/mol. The molecular weight excluding hydrogens is 482 g/mol. The van der Waals surface area contributed by atoms with E-state index in [4.69, 9.17) is 0 Å². The third kappa shape index (κ3) is 4.50. The number of fused-ring (bicyclic) bond motifs is 2. The van der Waals surface area contributed by atoms with Crippen LogP contribution in [0.2, 0.25) is 0 Å². The van der Waals surface area contributed by atoms with Crippen LogP contribution >= 0.6 is 0 Å². The molecule has 4 amide bonds. The number of carbonyl (C=O) groups is 4. The normalized spacial score (nSPS) is 16.8.